The first kappa shape index (κ1) is 17.7. The smallest absolute Gasteiger partial charge is 0.263 e. The van der Waals surface area contributed by atoms with Gasteiger partial charge in [0, 0.05) is 22.0 Å². The van der Waals surface area contributed by atoms with Crippen molar-refractivity contribution in [1.82, 2.24) is 9.55 Å². The van der Waals surface area contributed by atoms with Crippen LogP contribution in [0, 0.1) is 6.92 Å². The van der Waals surface area contributed by atoms with Crippen molar-refractivity contribution >= 4 is 33.3 Å². The average molecular weight is 397 g/mol. The molecule has 0 spiro atoms. The Balaban J connectivity index is 1.97. The molecule has 5 rings (SSSR count). The zero-order chi connectivity index (χ0) is 20.0. The van der Waals surface area contributed by atoms with Crippen molar-refractivity contribution in [2.45, 2.75) is 6.92 Å². The van der Waals surface area contributed by atoms with Gasteiger partial charge in [0.15, 0.2) is 0 Å². The minimum atomic E-state index is -0.0608. The maximum Gasteiger partial charge on any atom is 0.263 e. The summed E-state index contributed by atoms with van der Waals surface area (Å²) in [6, 6.07) is 25.3. The molecule has 140 valence electrons. The molecule has 0 saturated heterocycles. The molecule has 0 unspecified atom stereocenters. The van der Waals surface area contributed by atoms with Crippen molar-refractivity contribution in [2.75, 3.05) is 0 Å². The minimum Gasteiger partial charge on any atom is -0.274 e. The molecule has 2 aromatic heterocycles. The van der Waals surface area contributed by atoms with Crippen molar-refractivity contribution in [3.05, 3.63) is 106 Å². The molecule has 0 N–H and O–H groups in total. The monoisotopic (exact) mass is 396 g/mol. The van der Waals surface area contributed by atoms with E-state index >= 15 is 0 Å². The molecular weight excluding hydrogens is 380 g/mol. The third-order valence-electron chi connectivity index (χ3n) is 5.24. The summed E-state index contributed by atoms with van der Waals surface area (Å²) in [4.78, 5) is 18.3. The maximum absolute atomic E-state index is 13.7. The van der Waals surface area contributed by atoms with Gasteiger partial charge in [-0.1, -0.05) is 60.1 Å². The van der Waals surface area contributed by atoms with Crippen LogP contribution in [0.4, 0.5) is 0 Å². The van der Waals surface area contributed by atoms with Gasteiger partial charge in [-0.25, -0.2) is 0 Å². The second-order valence-electron chi connectivity index (χ2n) is 7.07. The molecule has 2 heterocycles. The summed E-state index contributed by atoms with van der Waals surface area (Å²) in [6.45, 7) is 2.01. The highest BCUT2D eigenvalue weighted by Gasteiger charge is 2.17. The highest BCUT2D eigenvalue weighted by molar-refractivity contribution is 6.30. The van der Waals surface area contributed by atoms with E-state index < -0.39 is 0 Å². The van der Waals surface area contributed by atoms with Crippen LogP contribution < -0.4 is 5.56 Å². The van der Waals surface area contributed by atoms with Crippen LogP contribution in [0.5, 0.6) is 0 Å². The SMILES string of the molecule is Cc1ccc2cccnc2c1-n1c(-c2ccc(Cl)cc2)cc2ccccc2c1=O. The summed E-state index contributed by atoms with van der Waals surface area (Å²) < 4.78 is 1.79. The van der Waals surface area contributed by atoms with E-state index in [9.17, 15) is 4.79 Å². The van der Waals surface area contributed by atoms with E-state index in [1.54, 1.807) is 10.8 Å². The van der Waals surface area contributed by atoms with Crippen LogP contribution in [-0.4, -0.2) is 9.55 Å². The fourth-order valence-corrected chi connectivity index (χ4v) is 3.95. The Morgan fingerprint density at radius 1 is 0.862 bits per heavy atom. The van der Waals surface area contributed by atoms with E-state index in [1.807, 2.05) is 79.7 Å². The summed E-state index contributed by atoms with van der Waals surface area (Å²) in [5, 5.41) is 3.24. The van der Waals surface area contributed by atoms with E-state index in [0.717, 1.165) is 38.8 Å². The second kappa shape index (κ2) is 6.87. The predicted molar refractivity (Wildman–Crippen MR) is 120 cm³/mol. The van der Waals surface area contributed by atoms with Gasteiger partial charge in [-0.05, 0) is 53.8 Å². The molecule has 0 aliphatic carbocycles. The van der Waals surface area contributed by atoms with Gasteiger partial charge >= 0.3 is 0 Å². The molecule has 3 aromatic carbocycles. The van der Waals surface area contributed by atoms with Crippen molar-refractivity contribution in [3.63, 3.8) is 0 Å². The van der Waals surface area contributed by atoms with Crippen molar-refractivity contribution in [3.8, 4) is 16.9 Å². The Labute approximate surface area is 172 Å². The molecule has 3 nitrogen and oxygen atoms in total. The lowest BCUT2D eigenvalue weighted by Crippen LogP contribution is -2.21. The Kier molecular flexibility index (Phi) is 4.18. The molecule has 0 aliphatic heterocycles. The average Bonchev–Trinajstić information content (AvgIpc) is 2.75. The summed E-state index contributed by atoms with van der Waals surface area (Å²) in [7, 11) is 0. The van der Waals surface area contributed by atoms with Gasteiger partial charge in [0.05, 0.1) is 16.9 Å². The molecule has 0 fully saturated rings. The highest BCUT2D eigenvalue weighted by Crippen LogP contribution is 2.30. The van der Waals surface area contributed by atoms with Gasteiger partial charge in [0.2, 0.25) is 0 Å². The topological polar surface area (TPSA) is 34.9 Å². The molecule has 0 atom stereocenters. The lowest BCUT2D eigenvalue weighted by molar-refractivity contribution is 1.01. The number of nitrogens with zero attached hydrogens (tertiary/aromatic N) is 2. The number of aromatic nitrogens is 2. The lowest BCUT2D eigenvalue weighted by atomic mass is 10.0. The summed E-state index contributed by atoms with van der Waals surface area (Å²) in [5.74, 6) is 0. The number of pyridine rings is 2. The molecule has 5 aromatic rings. The van der Waals surface area contributed by atoms with Crippen LogP contribution in [-0.2, 0) is 0 Å². The standard InChI is InChI=1S/C25H17ClN2O/c1-16-8-9-18-6-4-14-27-23(18)24(16)28-22(17-10-12-20(26)13-11-17)15-19-5-2-3-7-21(19)25(28)29/h2-15H,1H3. The molecule has 0 radical (unpaired) electrons. The lowest BCUT2D eigenvalue weighted by Gasteiger charge is -2.18. The number of hydrogen-bond acceptors (Lipinski definition) is 2. The Hall–Kier alpha value is -3.43. The normalized spacial score (nSPS) is 11.2. The largest absolute Gasteiger partial charge is 0.274 e. The second-order valence-corrected chi connectivity index (χ2v) is 7.51. The third kappa shape index (κ3) is 2.91. The predicted octanol–water partition coefficient (Wildman–Crippen LogP) is 6.17. The zero-order valence-corrected chi connectivity index (χ0v) is 16.5. The fourth-order valence-electron chi connectivity index (χ4n) is 3.83. The van der Waals surface area contributed by atoms with Crippen LogP contribution in [0.25, 0.3) is 38.6 Å². The van der Waals surface area contributed by atoms with Crippen LogP contribution in [0.15, 0.2) is 89.9 Å². The van der Waals surface area contributed by atoms with Crippen LogP contribution in [0.2, 0.25) is 5.02 Å². The molecule has 0 saturated carbocycles. The van der Waals surface area contributed by atoms with Gasteiger partial charge in [-0.2, -0.15) is 0 Å². The summed E-state index contributed by atoms with van der Waals surface area (Å²) in [5.41, 5.74) is 4.28. The number of fused-ring (bicyclic) bond motifs is 2. The van der Waals surface area contributed by atoms with Gasteiger partial charge in [-0.15, -0.1) is 0 Å². The van der Waals surface area contributed by atoms with Crippen LogP contribution in [0.1, 0.15) is 5.56 Å². The first-order valence-electron chi connectivity index (χ1n) is 9.39. The number of benzene rings is 3. The zero-order valence-electron chi connectivity index (χ0n) is 15.8. The van der Waals surface area contributed by atoms with Crippen molar-refractivity contribution in [2.24, 2.45) is 0 Å². The number of aryl methyl sites for hydroxylation is 1. The van der Waals surface area contributed by atoms with Crippen molar-refractivity contribution < 1.29 is 0 Å². The van der Waals surface area contributed by atoms with E-state index in [4.69, 9.17) is 11.6 Å². The van der Waals surface area contributed by atoms with E-state index in [2.05, 4.69) is 11.1 Å². The fraction of sp³-hybridized carbons (Fsp3) is 0.0400. The first-order valence-corrected chi connectivity index (χ1v) is 9.77. The summed E-state index contributed by atoms with van der Waals surface area (Å²) >= 11 is 6.11. The van der Waals surface area contributed by atoms with Crippen LogP contribution >= 0.6 is 11.6 Å². The Morgan fingerprint density at radius 2 is 1.62 bits per heavy atom. The first-order chi connectivity index (χ1) is 14.1. The van der Waals surface area contributed by atoms with Gasteiger partial charge < -0.3 is 0 Å². The molecule has 0 bridgehead atoms. The number of hydrogen-bond donors (Lipinski definition) is 0. The molecule has 0 amide bonds. The molecule has 4 heteroatoms. The van der Waals surface area contributed by atoms with Crippen LogP contribution in [0.3, 0.4) is 0 Å². The molecule has 0 aliphatic rings. The third-order valence-corrected chi connectivity index (χ3v) is 5.49. The van der Waals surface area contributed by atoms with E-state index in [-0.39, 0.29) is 5.56 Å². The minimum absolute atomic E-state index is 0.0608. The number of halogens is 1. The van der Waals surface area contributed by atoms with E-state index in [0.29, 0.717) is 10.4 Å². The van der Waals surface area contributed by atoms with Gasteiger partial charge in [0.25, 0.3) is 5.56 Å². The molecule has 29 heavy (non-hydrogen) atoms. The van der Waals surface area contributed by atoms with Gasteiger partial charge in [0.1, 0.15) is 0 Å². The highest BCUT2D eigenvalue weighted by atomic mass is 35.5. The Bertz CT molecular complexity index is 1440. The number of rotatable bonds is 2. The van der Waals surface area contributed by atoms with E-state index in [1.165, 1.54) is 0 Å². The van der Waals surface area contributed by atoms with Crippen molar-refractivity contribution in [1.29, 1.82) is 0 Å². The molecular formula is C25H17ClN2O. The quantitative estimate of drug-likeness (QED) is 0.357. The van der Waals surface area contributed by atoms with Gasteiger partial charge in [-0.3, -0.25) is 14.3 Å². The Morgan fingerprint density at radius 3 is 2.45 bits per heavy atom. The summed E-state index contributed by atoms with van der Waals surface area (Å²) in [6.07, 6.45) is 1.76. The maximum atomic E-state index is 13.7.